The zero-order valence-electron chi connectivity index (χ0n) is 8.97. The second kappa shape index (κ2) is 3.48. The van der Waals surface area contributed by atoms with Crippen LogP contribution in [0.15, 0.2) is 17.1 Å². The van der Waals surface area contributed by atoms with Crippen molar-refractivity contribution < 1.29 is 9.90 Å². The highest BCUT2D eigenvalue weighted by Crippen LogP contribution is 2.14. The molecule has 16 heavy (non-hydrogen) atoms. The van der Waals surface area contributed by atoms with Gasteiger partial charge >= 0.3 is 5.97 Å². The number of fused-ring (bicyclic) bond motifs is 1. The van der Waals surface area contributed by atoms with E-state index in [0.717, 1.165) is 10.9 Å². The number of carboxylic acid groups (broad SMARTS) is 1. The molecule has 0 radical (unpaired) electrons. The summed E-state index contributed by atoms with van der Waals surface area (Å²) in [5.41, 5.74) is 1.01. The topological polar surface area (TPSA) is 77.1 Å². The van der Waals surface area contributed by atoms with E-state index in [1.807, 2.05) is 0 Å². The number of aliphatic carboxylic acids is 1. The number of pyridine rings is 1. The molecule has 1 N–H and O–H groups in total. The second-order valence-corrected chi connectivity index (χ2v) is 3.65. The van der Waals surface area contributed by atoms with Crippen molar-refractivity contribution in [3.05, 3.63) is 28.2 Å². The van der Waals surface area contributed by atoms with Gasteiger partial charge in [0.15, 0.2) is 0 Å². The predicted molar refractivity (Wildman–Crippen MR) is 57.3 cm³/mol. The molecule has 0 aliphatic rings. The van der Waals surface area contributed by atoms with E-state index in [2.05, 4.69) is 5.10 Å². The fourth-order valence-corrected chi connectivity index (χ4v) is 1.76. The molecule has 84 valence electrons. The van der Waals surface area contributed by atoms with Gasteiger partial charge in [0.05, 0.1) is 6.20 Å². The maximum absolute atomic E-state index is 11.7. The van der Waals surface area contributed by atoms with Gasteiger partial charge in [-0.2, -0.15) is 5.10 Å². The SMILES string of the molecule is Cc1cc(=O)n(CC(=O)O)c2c1cnn2C. The highest BCUT2D eigenvalue weighted by Gasteiger charge is 2.12. The summed E-state index contributed by atoms with van der Waals surface area (Å²) < 4.78 is 2.71. The molecule has 0 saturated carbocycles. The number of aromatic nitrogens is 3. The molecule has 0 unspecified atom stereocenters. The number of carboxylic acids is 1. The molecule has 0 atom stereocenters. The summed E-state index contributed by atoms with van der Waals surface area (Å²) in [6.45, 7) is 1.45. The van der Waals surface area contributed by atoms with E-state index < -0.39 is 5.97 Å². The first kappa shape index (κ1) is 10.4. The van der Waals surface area contributed by atoms with Crippen molar-refractivity contribution in [2.24, 2.45) is 7.05 Å². The monoisotopic (exact) mass is 221 g/mol. The van der Waals surface area contributed by atoms with Gasteiger partial charge in [0.1, 0.15) is 12.2 Å². The molecule has 0 aliphatic heterocycles. The van der Waals surface area contributed by atoms with Crippen LogP contribution >= 0.6 is 0 Å². The van der Waals surface area contributed by atoms with Gasteiger partial charge < -0.3 is 5.11 Å². The Kier molecular flexibility index (Phi) is 2.26. The molecule has 2 heterocycles. The van der Waals surface area contributed by atoms with Crippen LogP contribution in [0.1, 0.15) is 5.56 Å². The number of aryl methyl sites for hydroxylation is 2. The molecule has 0 aromatic carbocycles. The standard InChI is InChI=1S/C10H11N3O3/c1-6-3-8(14)13(5-9(15)16)10-7(6)4-11-12(10)2/h3-4H,5H2,1-2H3,(H,15,16). The van der Waals surface area contributed by atoms with Gasteiger partial charge in [-0.25, -0.2) is 0 Å². The number of hydrogen-bond acceptors (Lipinski definition) is 3. The van der Waals surface area contributed by atoms with Gasteiger partial charge in [-0.05, 0) is 12.5 Å². The van der Waals surface area contributed by atoms with Crippen molar-refractivity contribution in [2.75, 3.05) is 0 Å². The quantitative estimate of drug-likeness (QED) is 0.781. The van der Waals surface area contributed by atoms with Gasteiger partial charge in [0.2, 0.25) is 0 Å². The zero-order valence-corrected chi connectivity index (χ0v) is 8.97. The average Bonchev–Trinajstić information content (AvgIpc) is 2.55. The summed E-state index contributed by atoms with van der Waals surface area (Å²) in [5, 5.41) is 13.6. The van der Waals surface area contributed by atoms with Crippen LogP contribution in [0.2, 0.25) is 0 Å². The van der Waals surface area contributed by atoms with Crippen LogP contribution < -0.4 is 5.56 Å². The Morgan fingerprint density at radius 1 is 1.56 bits per heavy atom. The van der Waals surface area contributed by atoms with Crippen LogP contribution in [0.5, 0.6) is 0 Å². The average molecular weight is 221 g/mol. The van der Waals surface area contributed by atoms with E-state index >= 15 is 0 Å². The maximum atomic E-state index is 11.7. The van der Waals surface area contributed by atoms with Crippen LogP contribution in [0.3, 0.4) is 0 Å². The molecule has 0 bridgehead atoms. The maximum Gasteiger partial charge on any atom is 0.323 e. The van der Waals surface area contributed by atoms with Crippen molar-refractivity contribution in [2.45, 2.75) is 13.5 Å². The number of nitrogens with zero attached hydrogens (tertiary/aromatic N) is 3. The lowest BCUT2D eigenvalue weighted by Crippen LogP contribution is -2.25. The molecule has 2 aromatic rings. The minimum absolute atomic E-state index is 0.323. The van der Waals surface area contributed by atoms with Crippen LogP contribution in [0.4, 0.5) is 0 Å². The van der Waals surface area contributed by atoms with Crippen LogP contribution in [0, 0.1) is 6.92 Å². The Hall–Kier alpha value is -2.11. The number of carbonyl (C=O) groups is 1. The minimum Gasteiger partial charge on any atom is -0.480 e. The highest BCUT2D eigenvalue weighted by atomic mass is 16.4. The lowest BCUT2D eigenvalue weighted by Gasteiger charge is -2.07. The first-order valence-electron chi connectivity index (χ1n) is 4.74. The van der Waals surface area contributed by atoms with Crippen LogP contribution in [-0.4, -0.2) is 25.4 Å². The zero-order chi connectivity index (χ0) is 11.9. The largest absolute Gasteiger partial charge is 0.480 e. The Labute approximate surface area is 90.7 Å². The summed E-state index contributed by atoms with van der Waals surface area (Å²) >= 11 is 0. The second-order valence-electron chi connectivity index (χ2n) is 3.65. The van der Waals surface area contributed by atoms with Crippen molar-refractivity contribution in [1.82, 2.24) is 14.3 Å². The third kappa shape index (κ3) is 1.48. The molecular formula is C10H11N3O3. The van der Waals surface area contributed by atoms with E-state index in [9.17, 15) is 9.59 Å². The minimum atomic E-state index is -1.05. The molecule has 2 aromatic heterocycles. The lowest BCUT2D eigenvalue weighted by molar-refractivity contribution is -0.137. The molecule has 0 fully saturated rings. The van der Waals surface area contributed by atoms with Crippen molar-refractivity contribution in [3.8, 4) is 0 Å². The molecular weight excluding hydrogens is 210 g/mol. The molecule has 6 heteroatoms. The van der Waals surface area contributed by atoms with Crippen molar-refractivity contribution in [1.29, 1.82) is 0 Å². The normalized spacial score (nSPS) is 10.9. The van der Waals surface area contributed by atoms with E-state index in [0.29, 0.717) is 5.65 Å². The summed E-state index contributed by atoms with van der Waals surface area (Å²) in [7, 11) is 1.68. The molecule has 0 spiro atoms. The van der Waals surface area contributed by atoms with E-state index in [1.165, 1.54) is 15.3 Å². The Bertz CT molecular complexity index is 624. The highest BCUT2D eigenvalue weighted by molar-refractivity contribution is 5.80. The number of hydrogen-bond donors (Lipinski definition) is 1. The Morgan fingerprint density at radius 3 is 2.88 bits per heavy atom. The first-order chi connectivity index (χ1) is 7.50. The molecule has 0 amide bonds. The van der Waals surface area contributed by atoms with Gasteiger partial charge in [-0.15, -0.1) is 0 Å². The molecule has 2 rings (SSSR count). The van der Waals surface area contributed by atoms with Crippen molar-refractivity contribution >= 4 is 17.0 Å². The third-order valence-electron chi connectivity index (χ3n) is 2.49. The smallest absolute Gasteiger partial charge is 0.323 e. The van der Waals surface area contributed by atoms with Gasteiger partial charge in [0.25, 0.3) is 5.56 Å². The molecule has 6 nitrogen and oxygen atoms in total. The Morgan fingerprint density at radius 2 is 2.25 bits per heavy atom. The predicted octanol–water partition coefficient (Wildman–Crippen LogP) is 0.128. The molecule has 0 aliphatic carbocycles. The van der Waals surface area contributed by atoms with E-state index in [-0.39, 0.29) is 12.1 Å². The van der Waals surface area contributed by atoms with Crippen LogP contribution in [0.25, 0.3) is 11.0 Å². The van der Waals surface area contributed by atoms with E-state index in [4.69, 9.17) is 5.11 Å². The lowest BCUT2D eigenvalue weighted by atomic mass is 10.2. The van der Waals surface area contributed by atoms with Gasteiger partial charge in [-0.1, -0.05) is 0 Å². The van der Waals surface area contributed by atoms with Gasteiger partial charge in [0, 0.05) is 18.5 Å². The summed E-state index contributed by atoms with van der Waals surface area (Å²) in [4.78, 5) is 22.4. The Balaban J connectivity index is 2.85. The fourth-order valence-electron chi connectivity index (χ4n) is 1.76. The van der Waals surface area contributed by atoms with E-state index in [1.54, 1.807) is 20.2 Å². The van der Waals surface area contributed by atoms with Crippen molar-refractivity contribution in [3.63, 3.8) is 0 Å². The summed E-state index contributed by atoms with van der Waals surface area (Å²) in [6.07, 6.45) is 1.63. The fraction of sp³-hybridized carbons (Fsp3) is 0.300. The van der Waals surface area contributed by atoms with Crippen LogP contribution in [-0.2, 0) is 18.4 Å². The third-order valence-corrected chi connectivity index (χ3v) is 2.49. The molecule has 0 saturated heterocycles. The summed E-state index contributed by atoms with van der Waals surface area (Å²) in [6, 6.07) is 1.42. The summed E-state index contributed by atoms with van der Waals surface area (Å²) in [5.74, 6) is -1.05. The first-order valence-corrected chi connectivity index (χ1v) is 4.74. The van der Waals surface area contributed by atoms with Gasteiger partial charge in [-0.3, -0.25) is 18.8 Å². The number of rotatable bonds is 2.